The number of ether oxygens (including phenoxy) is 4. The summed E-state index contributed by atoms with van der Waals surface area (Å²) in [6.45, 7) is 16.6. The highest BCUT2D eigenvalue weighted by molar-refractivity contribution is 5.91. The molecule has 0 N–H and O–H groups in total. The van der Waals surface area contributed by atoms with Crippen molar-refractivity contribution in [2.75, 3.05) is 26.4 Å². The van der Waals surface area contributed by atoms with Crippen molar-refractivity contribution in [3.05, 3.63) is 134 Å². The molecule has 0 heterocycles. The van der Waals surface area contributed by atoms with Gasteiger partial charge >= 0.3 is 23.9 Å². The first-order chi connectivity index (χ1) is 20.8. The second-order valence-corrected chi connectivity index (χ2v) is 8.77. The van der Waals surface area contributed by atoms with E-state index in [0.717, 1.165) is 29.7 Å². The summed E-state index contributed by atoms with van der Waals surface area (Å²) < 4.78 is 19.5. The summed E-state index contributed by atoms with van der Waals surface area (Å²) in [5, 5.41) is 0. The van der Waals surface area contributed by atoms with E-state index in [1.165, 1.54) is 35.4 Å². The second-order valence-electron chi connectivity index (χ2n) is 8.77. The van der Waals surface area contributed by atoms with Crippen LogP contribution in [0.4, 0.5) is 0 Å². The molecule has 0 aliphatic carbocycles. The number of rotatable bonds is 17. The molecule has 2 aromatic carbocycles. The van der Waals surface area contributed by atoms with Crippen molar-refractivity contribution < 1.29 is 38.1 Å². The van der Waals surface area contributed by atoms with Crippen LogP contribution < -0.4 is 0 Å². The molecule has 228 valence electrons. The monoisotopic (exact) mass is 588 g/mol. The lowest BCUT2D eigenvalue weighted by atomic mass is 9.83. The lowest BCUT2D eigenvalue weighted by Crippen LogP contribution is -2.11. The summed E-state index contributed by atoms with van der Waals surface area (Å²) in [5.74, 6) is -1.84. The number of hydrogen-bond donors (Lipinski definition) is 0. The van der Waals surface area contributed by atoms with Gasteiger partial charge in [-0.3, -0.25) is 0 Å². The standard InChI is InChI=1S/C25H28O4.C10H12O4/c1-4-21(22-13-9-7-11-19(22)15-17-28-24(26)5-2)23-14-10-8-12-20(23)16-18-29-25(27)6-3;1-3-7-13-9(11)5-6-10(12)14-8-4-2/h5-14,21H,2-4,15-18H2,1H3;3-6H,1-2,7-8H2/b;6-5+. The molecule has 0 aliphatic rings. The summed E-state index contributed by atoms with van der Waals surface area (Å²) >= 11 is 0. The van der Waals surface area contributed by atoms with Crippen LogP contribution in [0.15, 0.2) is 111 Å². The first-order valence-corrected chi connectivity index (χ1v) is 13.8. The van der Waals surface area contributed by atoms with Gasteiger partial charge in [0.1, 0.15) is 13.2 Å². The Morgan fingerprint density at radius 1 is 0.628 bits per heavy atom. The zero-order valence-electron chi connectivity index (χ0n) is 24.7. The normalized spacial score (nSPS) is 10.1. The topological polar surface area (TPSA) is 105 Å². The molecular formula is C35H40O8. The molecule has 2 rings (SSSR count). The minimum Gasteiger partial charge on any atom is -0.462 e. The highest BCUT2D eigenvalue weighted by Crippen LogP contribution is 2.33. The lowest BCUT2D eigenvalue weighted by Gasteiger charge is -2.22. The molecule has 43 heavy (non-hydrogen) atoms. The van der Waals surface area contributed by atoms with Crippen LogP contribution in [0, 0.1) is 0 Å². The van der Waals surface area contributed by atoms with E-state index in [-0.39, 0.29) is 19.1 Å². The van der Waals surface area contributed by atoms with Crippen LogP contribution in [0.25, 0.3) is 0 Å². The maximum absolute atomic E-state index is 11.3. The fraction of sp³-hybridized carbons (Fsp3) is 0.257. The first kappa shape index (κ1) is 36.0. The van der Waals surface area contributed by atoms with Crippen molar-refractivity contribution >= 4 is 23.9 Å². The molecule has 0 fully saturated rings. The van der Waals surface area contributed by atoms with Gasteiger partial charge in [-0.2, -0.15) is 0 Å². The Morgan fingerprint density at radius 2 is 1.02 bits per heavy atom. The van der Waals surface area contributed by atoms with Crippen LogP contribution in [-0.4, -0.2) is 50.3 Å². The van der Waals surface area contributed by atoms with Gasteiger partial charge in [0.25, 0.3) is 0 Å². The molecule has 0 radical (unpaired) electrons. The average Bonchev–Trinajstić information content (AvgIpc) is 3.03. The number of esters is 4. The van der Waals surface area contributed by atoms with Crippen molar-refractivity contribution in [1.82, 2.24) is 0 Å². The molecule has 2 aromatic rings. The smallest absolute Gasteiger partial charge is 0.331 e. The van der Waals surface area contributed by atoms with Crippen LogP contribution >= 0.6 is 0 Å². The molecule has 8 heteroatoms. The third-order valence-corrected chi connectivity index (χ3v) is 5.88. The van der Waals surface area contributed by atoms with Crippen LogP contribution in [0.5, 0.6) is 0 Å². The number of hydrogen-bond acceptors (Lipinski definition) is 8. The van der Waals surface area contributed by atoms with E-state index >= 15 is 0 Å². The Labute approximate surface area is 254 Å². The van der Waals surface area contributed by atoms with Crippen molar-refractivity contribution in [3.63, 3.8) is 0 Å². The molecule has 0 spiro atoms. The molecule has 0 aliphatic heterocycles. The average molecular weight is 589 g/mol. The van der Waals surface area contributed by atoms with Crippen LogP contribution in [-0.2, 0) is 51.0 Å². The largest absolute Gasteiger partial charge is 0.462 e. The maximum atomic E-state index is 11.3. The maximum Gasteiger partial charge on any atom is 0.331 e. The minimum absolute atomic E-state index is 0.116. The highest BCUT2D eigenvalue weighted by atomic mass is 16.5. The molecule has 0 unspecified atom stereocenters. The summed E-state index contributed by atoms with van der Waals surface area (Å²) in [7, 11) is 0. The van der Waals surface area contributed by atoms with Crippen molar-refractivity contribution in [1.29, 1.82) is 0 Å². The van der Waals surface area contributed by atoms with Gasteiger partial charge in [-0.25, -0.2) is 19.2 Å². The van der Waals surface area contributed by atoms with E-state index in [0.29, 0.717) is 26.1 Å². The Hall–Kier alpha value is -4.98. The van der Waals surface area contributed by atoms with Gasteiger partial charge in [0.15, 0.2) is 0 Å². The van der Waals surface area contributed by atoms with Gasteiger partial charge in [0.2, 0.25) is 0 Å². The summed E-state index contributed by atoms with van der Waals surface area (Å²) in [6, 6.07) is 16.5. The number of carbonyl (C=O) groups excluding carboxylic acids is 4. The number of benzene rings is 2. The van der Waals surface area contributed by atoms with E-state index < -0.39 is 23.9 Å². The molecular weight excluding hydrogens is 548 g/mol. The van der Waals surface area contributed by atoms with Crippen LogP contribution in [0.1, 0.15) is 41.5 Å². The zero-order chi connectivity index (χ0) is 31.9. The summed E-state index contributed by atoms with van der Waals surface area (Å²) in [6.07, 6.45) is 9.42. The van der Waals surface area contributed by atoms with Gasteiger partial charge in [0, 0.05) is 43.1 Å². The van der Waals surface area contributed by atoms with Crippen LogP contribution in [0.3, 0.4) is 0 Å². The Balaban J connectivity index is 0.000000557. The van der Waals surface area contributed by atoms with E-state index in [2.05, 4.69) is 67.0 Å². The van der Waals surface area contributed by atoms with E-state index in [4.69, 9.17) is 9.47 Å². The third-order valence-electron chi connectivity index (χ3n) is 5.88. The SMILES string of the molecule is C=CC(=O)OCCc1ccccc1C(CC)c1ccccc1CCOC(=O)C=C.C=CCOC(=O)/C=C/C(=O)OCC=C. The lowest BCUT2D eigenvalue weighted by molar-refractivity contribution is -0.139. The van der Waals surface area contributed by atoms with Gasteiger partial charge in [0.05, 0.1) is 13.2 Å². The van der Waals surface area contributed by atoms with Gasteiger partial charge in [-0.1, -0.05) is 93.9 Å². The zero-order valence-corrected chi connectivity index (χ0v) is 24.7. The fourth-order valence-corrected chi connectivity index (χ4v) is 3.97. The van der Waals surface area contributed by atoms with Crippen molar-refractivity contribution in [3.8, 4) is 0 Å². The van der Waals surface area contributed by atoms with Gasteiger partial charge in [-0.15, -0.1) is 0 Å². The molecule has 0 aromatic heterocycles. The fourth-order valence-electron chi connectivity index (χ4n) is 3.97. The van der Waals surface area contributed by atoms with Gasteiger partial charge in [-0.05, 0) is 28.7 Å². The quantitative estimate of drug-likeness (QED) is 0.0992. The van der Waals surface area contributed by atoms with Gasteiger partial charge < -0.3 is 18.9 Å². The molecule has 0 bridgehead atoms. The first-order valence-electron chi connectivity index (χ1n) is 13.8. The predicted molar refractivity (Wildman–Crippen MR) is 166 cm³/mol. The molecule has 0 saturated carbocycles. The molecule has 8 nitrogen and oxygen atoms in total. The number of carbonyl (C=O) groups is 4. The summed E-state index contributed by atoms with van der Waals surface area (Å²) in [4.78, 5) is 44.3. The predicted octanol–water partition coefficient (Wildman–Crippen LogP) is 5.77. The Morgan fingerprint density at radius 3 is 1.37 bits per heavy atom. The van der Waals surface area contributed by atoms with E-state index in [1.807, 2.05) is 24.3 Å². The Kier molecular flexibility index (Phi) is 18.2. The van der Waals surface area contributed by atoms with E-state index in [1.54, 1.807) is 0 Å². The van der Waals surface area contributed by atoms with E-state index in [9.17, 15) is 19.2 Å². The van der Waals surface area contributed by atoms with Crippen molar-refractivity contribution in [2.45, 2.75) is 32.1 Å². The molecule has 0 saturated heterocycles. The molecule has 0 atom stereocenters. The van der Waals surface area contributed by atoms with Crippen LogP contribution in [0.2, 0.25) is 0 Å². The second kappa shape index (κ2) is 21.7. The third kappa shape index (κ3) is 14.5. The highest BCUT2D eigenvalue weighted by Gasteiger charge is 2.18. The minimum atomic E-state index is -0.611. The Bertz CT molecular complexity index is 1180. The summed E-state index contributed by atoms with van der Waals surface area (Å²) in [5.41, 5.74) is 4.76. The molecule has 0 amide bonds. The van der Waals surface area contributed by atoms with Crippen molar-refractivity contribution in [2.24, 2.45) is 0 Å².